The SMILES string of the molecule is O=C(O)c1ccc2c(=O)n3c(nc2c1)/C(=C\c1csnn1)CC3. The largest absolute Gasteiger partial charge is 0.478 e. The molecule has 0 fully saturated rings. The summed E-state index contributed by atoms with van der Waals surface area (Å²) < 4.78 is 5.43. The van der Waals surface area contributed by atoms with E-state index in [1.54, 1.807) is 4.57 Å². The van der Waals surface area contributed by atoms with Crippen molar-refractivity contribution in [3.63, 3.8) is 0 Å². The van der Waals surface area contributed by atoms with Crippen molar-refractivity contribution in [2.45, 2.75) is 13.0 Å². The molecule has 1 aromatic carbocycles. The highest BCUT2D eigenvalue weighted by molar-refractivity contribution is 7.03. The third kappa shape index (κ3) is 2.23. The average Bonchev–Trinajstić information content (AvgIpc) is 3.18. The predicted octanol–water partition coefficient (Wildman–Crippen LogP) is 1.89. The van der Waals surface area contributed by atoms with Gasteiger partial charge in [-0.1, -0.05) is 4.49 Å². The van der Waals surface area contributed by atoms with Gasteiger partial charge >= 0.3 is 5.97 Å². The smallest absolute Gasteiger partial charge is 0.335 e. The van der Waals surface area contributed by atoms with Crippen LogP contribution in [0.1, 0.15) is 28.3 Å². The highest BCUT2D eigenvalue weighted by Crippen LogP contribution is 2.27. The Morgan fingerprint density at radius 2 is 2.26 bits per heavy atom. The van der Waals surface area contributed by atoms with Gasteiger partial charge in [-0.15, -0.1) is 5.10 Å². The van der Waals surface area contributed by atoms with E-state index in [2.05, 4.69) is 14.6 Å². The van der Waals surface area contributed by atoms with Gasteiger partial charge in [0.25, 0.3) is 5.56 Å². The molecule has 1 aliphatic heterocycles. The number of nitrogens with zero attached hydrogens (tertiary/aromatic N) is 4. The molecule has 3 aromatic rings. The lowest BCUT2D eigenvalue weighted by Gasteiger charge is -2.06. The minimum Gasteiger partial charge on any atom is -0.478 e. The summed E-state index contributed by atoms with van der Waals surface area (Å²) in [7, 11) is 0. The topological polar surface area (TPSA) is 98.0 Å². The molecule has 8 heteroatoms. The lowest BCUT2D eigenvalue weighted by Crippen LogP contribution is -2.21. The molecule has 0 unspecified atom stereocenters. The normalized spacial score (nSPS) is 15.2. The van der Waals surface area contributed by atoms with Crippen LogP contribution in [0.5, 0.6) is 0 Å². The van der Waals surface area contributed by atoms with Crippen molar-refractivity contribution in [3.05, 3.63) is 51.0 Å². The van der Waals surface area contributed by atoms with Gasteiger partial charge in [-0.05, 0) is 47.8 Å². The van der Waals surface area contributed by atoms with Gasteiger partial charge in [-0.2, -0.15) is 0 Å². The Morgan fingerprint density at radius 1 is 1.39 bits per heavy atom. The van der Waals surface area contributed by atoms with E-state index in [1.165, 1.54) is 29.7 Å². The second-order valence-corrected chi connectivity index (χ2v) is 5.79. The summed E-state index contributed by atoms with van der Waals surface area (Å²) >= 11 is 1.26. The fourth-order valence-electron chi connectivity index (χ4n) is 2.70. The molecule has 1 N–H and O–H groups in total. The average molecular weight is 326 g/mol. The number of carbonyl (C=O) groups is 1. The number of carboxylic acids is 1. The van der Waals surface area contributed by atoms with Gasteiger partial charge in [0.2, 0.25) is 0 Å². The summed E-state index contributed by atoms with van der Waals surface area (Å²) in [5.41, 5.74) is 1.98. The lowest BCUT2D eigenvalue weighted by atomic mass is 10.1. The van der Waals surface area contributed by atoms with Crippen LogP contribution in [0.3, 0.4) is 0 Å². The molecule has 114 valence electrons. The van der Waals surface area contributed by atoms with Crippen molar-refractivity contribution in [1.82, 2.24) is 19.1 Å². The lowest BCUT2D eigenvalue weighted by molar-refractivity contribution is 0.0697. The van der Waals surface area contributed by atoms with E-state index in [9.17, 15) is 9.59 Å². The highest BCUT2D eigenvalue weighted by atomic mass is 32.1. The minimum atomic E-state index is -1.04. The van der Waals surface area contributed by atoms with Crippen LogP contribution in [0.25, 0.3) is 22.6 Å². The Bertz CT molecular complexity index is 1020. The van der Waals surface area contributed by atoms with Crippen LogP contribution >= 0.6 is 11.5 Å². The number of hydrogen-bond acceptors (Lipinski definition) is 6. The number of carboxylic acid groups (broad SMARTS) is 1. The van der Waals surface area contributed by atoms with Gasteiger partial charge in [0.05, 0.1) is 22.2 Å². The van der Waals surface area contributed by atoms with Crippen molar-refractivity contribution in [3.8, 4) is 0 Å². The third-order valence-electron chi connectivity index (χ3n) is 3.79. The zero-order valence-electron chi connectivity index (χ0n) is 11.8. The maximum absolute atomic E-state index is 12.6. The van der Waals surface area contributed by atoms with E-state index in [1.807, 2.05) is 11.5 Å². The molecule has 0 aliphatic carbocycles. The van der Waals surface area contributed by atoms with Gasteiger partial charge in [-0.3, -0.25) is 9.36 Å². The maximum Gasteiger partial charge on any atom is 0.335 e. The molecule has 0 saturated carbocycles. The third-order valence-corrected chi connectivity index (χ3v) is 4.32. The Kier molecular flexibility index (Phi) is 3.05. The monoisotopic (exact) mass is 326 g/mol. The predicted molar refractivity (Wildman–Crippen MR) is 85.4 cm³/mol. The van der Waals surface area contributed by atoms with Crippen LogP contribution < -0.4 is 5.56 Å². The molecule has 0 radical (unpaired) electrons. The molecule has 0 saturated heterocycles. The molecule has 2 aromatic heterocycles. The summed E-state index contributed by atoms with van der Waals surface area (Å²) in [6.45, 7) is 0.557. The molecule has 0 bridgehead atoms. The van der Waals surface area contributed by atoms with E-state index in [0.29, 0.717) is 29.7 Å². The second kappa shape index (κ2) is 5.10. The van der Waals surface area contributed by atoms with Crippen molar-refractivity contribution in [2.75, 3.05) is 0 Å². The number of allylic oxidation sites excluding steroid dienone is 1. The van der Waals surface area contributed by atoms with E-state index < -0.39 is 5.97 Å². The van der Waals surface area contributed by atoms with Gasteiger partial charge in [-0.25, -0.2) is 9.78 Å². The van der Waals surface area contributed by atoms with Gasteiger partial charge in [0.1, 0.15) is 5.82 Å². The van der Waals surface area contributed by atoms with Crippen molar-refractivity contribution in [2.24, 2.45) is 0 Å². The van der Waals surface area contributed by atoms with Gasteiger partial charge in [0.15, 0.2) is 0 Å². The quantitative estimate of drug-likeness (QED) is 0.772. The first-order valence-corrected chi connectivity index (χ1v) is 7.73. The van der Waals surface area contributed by atoms with Crippen LogP contribution in [0.2, 0.25) is 0 Å². The number of aromatic carboxylic acids is 1. The highest BCUT2D eigenvalue weighted by Gasteiger charge is 2.21. The Hall–Kier alpha value is -2.87. The zero-order valence-corrected chi connectivity index (χ0v) is 12.6. The number of hydrogen-bond donors (Lipinski definition) is 1. The molecule has 0 atom stereocenters. The Balaban J connectivity index is 1.94. The van der Waals surface area contributed by atoms with Gasteiger partial charge in [0, 0.05) is 11.9 Å². The van der Waals surface area contributed by atoms with Crippen molar-refractivity contribution >= 4 is 40.1 Å². The van der Waals surface area contributed by atoms with Crippen LogP contribution in [-0.2, 0) is 6.54 Å². The Morgan fingerprint density at radius 3 is 3.00 bits per heavy atom. The summed E-state index contributed by atoms with van der Waals surface area (Å²) in [4.78, 5) is 28.2. The van der Waals surface area contributed by atoms with E-state index in [4.69, 9.17) is 5.11 Å². The number of rotatable bonds is 2. The molecule has 1 aliphatic rings. The Labute approximate surface area is 133 Å². The van der Waals surface area contributed by atoms with E-state index in [0.717, 1.165) is 11.3 Å². The zero-order chi connectivity index (χ0) is 16.0. The number of fused-ring (bicyclic) bond motifs is 2. The first-order chi connectivity index (χ1) is 11.1. The minimum absolute atomic E-state index is 0.113. The van der Waals surface area contributed by atoms with Crippen molar-refractivity contribution < 1.29 is 9.90 Å². The molecule has 0 spiro atoms. The molecule has 23 heavy (non-hydrogen) atoms. The van der Waals surface area contributed by atoms with Crippen molar-refractivity contribution in [1.29, 1.82) is 0 Å². The maximum atomic E-state index is 12.6. The number of benzene rings is 1. The molecular formula is C15H10N4O3S. The van der Waals surface area contributed by atoms with Crippen LogP contribution in [0.4, 0.5) is 0 Å². The fourth-order valence-corrected chi connectivity index (χ4v) is 3.11. The number of aromatic nitrogens is 4. The molecule has 4 rings (SSSR count). The summed E-state index contributed by atoms with van der Waals surface area (Å²) in [5.74, 6) is -0.475. The van der Waals surface area contributed by atoms with Gasteiger partial charge < -0.3 is 5.11 Å². The molecule has 7 nitrogen and oxygen atoms in total. The molecule has 3 heterocycles. The standard InChI is InChI=1S/C15H10N4O3S/c20-14-11-2-1-9(15(21)22)6-12(11)16-13-8(3-4-19(13)14)5-10-7-23-18-17-10/h1-2,5-7H,3-4H2,(H,21,22)/b8-5-. The first-order valence-electron chi connectivity index (χ1n) is 6.89. The van der Waals surface area contributed by atoms with Crippen LogP contribution in [0.15, 0.2) is 28.4 Å². The van der Waals surface area contributed by atoms with Crippen LogP contribution in [-0.4, -0.2) is 30.2 Å². The van der Waals surface area contributed by atoms with E-state index >= 15 is 0 Å². The molecule has 0 amide bonds. The summed E-state index contributed by atoms with van der Waals surface area (Å²) in [5, 5.41) is 15.3. The first kappa shape index (κ1) is 13.8. The fraction of sp³-hybridized carbons (Fsp3) is 0.133. The summed E-state index contributed by atoms with van der Waals surface area (Å²) in [6, 6.07) is 4.38. The summed E-state index contributed by atoms with van der Waals surface area (Å²) in [6.07, 6.45) is 2.55. The van der Waals surface area contributed by atoms with E-state index in [-0.39, 0.29) is 11.1 Å². The van der Waals surface area contributed by atoms with Crippen LogP contribution in [0, 0.1) is 0 Å². The molecular weight excluding hydrogens is 316 g/mol. The second-order valence-electron chi connectivity index (χ2n) is 5.18.